The van der Waals surface area contributed by atoms with E-state index in [1.165, 1.54) is 16.9 Å². The van der Waals surface area contributed by atoms with Crippen LogP contribution in [0.3, 0.4) is 0 Å². The van der Waals surface area contributed by atoms with Crippen molar-refractivity contribution in [1.82, 2.24) is 9.66 Å². The summed E-state index contributed by atoms with van der Waals surface area (Å²) in [6, 6.07) is 9.45. The van der Waals surface area contributed by atoms with Crippen molar-refractivity contribution in [2.24, 2.45) is 10.3 Å². The number of nitrogens with one attached hydrogen (secondary N) is 2. The van der Waals surface area contributed by atoms with E-state index in [-0.39, 0.29) is 39.3 Å². The highest BCUT2D eigenvalue weighted by atomic mass is 32.2. The molecule has 1 aliphatic rings. The Kier molecular flexibility index (Phi) is 4.50. The van der Waals surface area contributed by atoms with Crippen LogP contribution in [-0.2, 0) is 10.0 Å². The van der Waals surface area contributed by atoms with Crippen LogP contribution in [0.25, 0.3) is 11.0 Å². The van der Waals surface area contributed by atoms with Crippen molar-refractivity contribution in [3.63, 3.8) is 0 Å². The smallest absolute Gasteiger partial charge is 0.286 e. The number of pyridine rings is 2. The van der Waals surface area contributed by atoms with Crippen LogP contribution < -0.4 is 16.3 Å². The highest BCUT2D eigenvalue weighted by Crippen LogP contribution is 2.31. The summed E-state index contributed by atoms with van der Waals surface area (Å²) in [5, 5.41) is 14.0. The van der Waals surface area contributed by atoms with Gasteiger partial charge in [0.25, 0.3) is 15.6 Å². The zero-order valence-electron chi connectivity index (χ0n) is 15.7. The minimum absolute atomic E-state index is 0.00366. The van der Waals surface area contributed by atoms with Gasteiger partial charge in [-0.15, -0.1) is 4.40 Å². The predicted octanol–water partition coefficient (Wildman–Crippen LogP) is 1.86. The third-order valence-electron chi connectivity index (χ3n) is 4.43. The quantitative estimate of drug-likeness (QED) is 0.596. The number of benzene rings is 1. The molecule has 3 heterocycles. The van der Waals surface area contributed by atoms with Gasteiger partial charge in [0.2, 0.25) is 0 Å². The van der Waals surface area contributed by atoms with Gasteiger partial charge < -0.3 is 15.8 Å². The van der Waals surface area contributed by atoms with Gasteiger partial charge in [-0.2, -0.15) is 8.42 Å². The monoisotopic (exact) mass is 413 g/mol. The molecule has 9 nitrogen and oxygen atoms in total. The van der Waals surface area contributed by atoms with E-state index in [2.05, 4.69) is 20.1 Å². The molecule has 29 heavy (non-hydrogen) atoms. The van der Waals surface area contributed by atoms with Gasteiger partial charge in [-0.1, -0.05) is 26.0 Å². The van der Waals surface area contributed by atoms with Crippen LogP contribution in [0, 0.1) is 5.92 Å². The first kappa shape index (κ1) is 18.9. The van der Waals surface area contributed by atoms with Crippen LogP contribution >= 0.6 is 0 Å². The standard InChI is InChI=1S/C19H19N5O4S/c1-11(2)10-21-24-18-12(6-5-9-20-18)16(25)15(19(24)26)17-22-13-7-3-4-8-14(13)29(27,28)23-17/h3-9,11,21,25H,10H2,1-2H3,(H,22,23). The lowest BCUT2D eigenvalue weighted by Crippen LogP contribution is -2.37. The van der Waals surface area contributed by atoms with Crippen molar-refractivity contribution in [2.75, 3.05) is 17.3 Å². The number of rotatable bonds is 4. The Morgan fingerprint density at radius 1 is 1.21 bits per heavy atom. The van der Waals surface area contributed by atoms with Gasteiger partial charge in [0, 0.05) is 12.7 Å². The molecule has 0 fully saturated rings. The molecule has 0 spiro atoms. The van der Waals surface area contributed by atoms with Gasteiger partial charge in [-0.25, -0.2) is 9.66 Å². The fourth-order valence-corrected chi connectivity index (χ4v) is 4.18. The summed E-state index contributed by atoms with van der Waals surface area (Å²) in [5.74, 6) is -0.395. The molecule has 3 N–H and O–H groups in total. The summed E-state index contributed by atoms with van der Waals surface area (Å²) in [6.07, 6.45) is 1.51. The van der Waals surface area contributed by atoms with Crippen LogP contribution in [0.2, 0.25) is 0 Å². The Hall–Kier alpha value is -3.40. The largest absolute Gasteiger partial charge is 0.506 e. The molecule has 0 atom stereocenters. The minimum atomic E-state index is -4.03. The summed E-state index contributed by atoms with van der Waals surface area (Å²) in [5.41, 5.74) is 2.61. The van der Waals surface area contributed by atoms with Crippen molar-refractivity contribution in [1.29, 1.82) is 0 Å². The second-order valence-electron chi connectivity index (χ2n) is 7.03. The fourth-order valence-electron chi connectivity index (χ4n) is 3.06. The molecule has 150 valence electrons. The molecule has 0 bridgehead atoms. The van der Waals surface area contributed by atoms with E-state index >= 15 is 0 Å². The Morgan fingerprint density at radius 2 is 1.97 bits per heavy atom. The summed E-state index contributed by atoms with van der Waals surface area (Å²) >= 11 is 0. The highest BCUT2D eigenvalue weighted by molar-refractivity contribution is 7.90. The second-order valence-corrected chi connectivity index (χ2v) is 8.60. The number of sulfonamides is 1. The zero-order valence-corrected chi connectivity index (χ0v) is 16.6. The maximum atomic E-state index is 13.2. The maximum Gasteiger partial charge on any atom is 0.286 e. The second kappa shape index (κ2) is 6.89. The number of anilines is 1. The number of amidine groups is 1. The molecular formula is C19H19N5O4S. The Morgan fingerprint density at radius 3 is 2.72 bits per heavy atom. The molecule has 4 rings (SSSR count). The van der Waals surface area contributed by atoms with Gasteiger partial charge in [-0.3, -0.25) is 4.79 Å². The number of aromatic hydroxyl groups is 1. The van der Waals surface area contributed by atoms with Gasteiger partial charge in [0.1, 0.15) is 16.2 Å². The van der Waals surface area contributed by atoms with E-state index < -0.39 is 15.6 Å². The van der Waals surface area contributed by atoms with Crippen molar-refractivity contribution in [3.05, 3.63) is 58.5 Å². The first-order valence-corrected chi connectivity index (χ1v) is 10.4. The van der Waals surface area contributed by atoms with E-state index in [0.717, 1.165) is 0 Å². The Labute approximate surface area is 166 Å². The zero-order chi connectivity index (χ0) is 20.8. The molecule has 2 aromatic heterocycles. The van der Waals surface area contributed by atoms with Crippen LogP contribution in [0.4, 0.5) is 5.69 Å². The van der Waals surface area contributed by atoms with Crippen molar-refractivity contribution in [2.45, 2.75) is 18.7 Å². The number of aromatic nitrogens is 2. The Bertz CT molecular complexity index is 1310. The van der Waals surface area contributed by atoms with Gasteiger partial charge in [0.15, 0.2) is 11.5 Å². The maximum absolute atomic E-state index is 13.2. The number of fused-ring (bicyclic) bond motifs is 2. The van der Waals surface area contributed by atoms with E-state index in [4.69, 9.17) is 0 Å². The molecule has 3 aromatic rings. The third kappa shape index (κ3) is 3.21. The summed E-state index contributed by atoms with van der Waals surface area (Å²) in [7, 11) is -4.03. The average molecular weight is 413 g/mol. The number of para-hydroxylation sites is 1. The fraction of sp³-hybridized carbons (Fsp3) is 0.211. The third-order valence-corrected chi connectivity index (χ3v) is 5.77. The number of hydrogen-bond donors (Lipinski definition) is 3. The first-order valence-electron chi connectivity index (χ1n) is 8.97. The first-order chi connectivity index (χ1) is 13.8. The van der Waals surface area contributed by atoms with Crippen LogP contribution in [-0.4, -0.2) is 35.6 Å². The molecule has 0 amide bonds. The molecule has 0 radical (unpaired) electrons. The van der Waals surface area contributed by atoms with E-state index in [9.17, 15) is 18.3 Å². The van der Waals surface area contributed by atoms with Crippen LogP contribution in [0.15, 0.2) is 56.7 Å². The summed E-state index contributed by atoms with van der Waals surface area (Å²) in [6.45, 7) is 4.42. The molecule has 1 aliphatic heterocycles. The minimum Gasteiger partial charge on any atom is -0.506 e. The van der Waals surface area contributed by atoms with E-state index in [0.29, 0.717) is 11.9 Å². The van der Waals surface area contributed by atoms with E-state index in [1.54, 1.807) is 30.3 Å². The average Bonchev–Trinajstić information content (AvgIpc) is 2.67. The topological polar surface area (TPSA) is 126 Å². The normalized spacial score (nSPS) is 14.9. The summed E-state index contributed by atoms with van der Waals surface area (Å²) < 4.78 is 30.2. The predicted molar refractivity (Wildman–Crippen MR) is 111 cm³/mol. The van der Waals surface area contributed by atoms with Gasteiger partial charge in [0.05, 0.1) is 11.1 Å². The molecule has 1 aromatic carbocycles. The van der Waals surface area contributed by atoms with Gasteiger partial charge >= 0.3 is 0 Å². The molecule has 10 heteroatoms. The SMILES string of the molecule is CC(C)CNn1c(=O)c(C2=NS(=O)(=O)c3ccccc3N2)c(O)c2cccnc21. The molecular weight excluding hydrogens is 394 g/mol. The van der Waals surface area contributed by atoms with Crippen LogP contribution in [0.1, 0.15) is 19.4 Å². The van der Waals surface area contributed by atoms with Crippen LogP contribution in [0.5, 0.6) is 5.75 Å². The molecule has 0 aliphatic carbocycles. The molecule has 0 saturated heterocycles. The lowest BCUT2D eigenvalue weighted by Gasteiger charge is -2.21. The molecule has 0 unspecified atom stereocenters. The van der Waals surface area contributed by atoms with Crippen molar-refractivity contribution in [3.8, 4) is 5.75 Å². The van der Waals surface area contributed by atoms with Crippen molar-refractivity contribution >= 4 is 32.6 Å². The lowest BCUT2D eigenvalue weighted by molar-refractivity contribution is 0.478. The number of nitrogens with zero attached hydrogens (tertiary/aromatic N) is 3. The summed E-state index contributed by atoms with van der Waals surface area (Å²) in [4.78, 5) is 17.4. The molecule has 0 saturated carbocycles. The van der Waals surface area contributed by atoms with E-state index in [1.807, 2.05) is 13.8 Å². The number of hydrogen-bond acceptors (Lipinski definition) is 7. The van der Waals surface area contributed by atoms with Gasteiger partial charge in [-0.05, 0) is 30.2 Å². The Balaban J connectivity index is 1.98. The lowest BCUT2D eigenvalue weighted by atomic mass is 10.1. The highest BCUT2D eigenvalue weighted by Gasteiger charge is 2.29. The van der Waals surface area contributed by atoms with Crippen molar-refractivity contribution < 1.29 is 13.5 Å².